The standard InChI is InChI=1S/C23H36O4/c1-14(24)18-7-8-19-20-6-5-16-13-17(27-15(2)25)9-10-22(16,4)23(20,26)12-11-21(18,19)3/h16-20,26H,5-13H2,1-4H3/t16?,17-,18+,19-,20-,21+,22-,23+/m0/s1. The first-order valence-electron chi connectivity index (χ1n) is 11.0. The molecule has 27 heavy (non-hydrogen) atoms. The number of carbonyl (C=O) groups excluding carboxylic acids is 2. The highest BCUT2D eigenvalue weighted by molar-refractivity contribution is 5.79. The third-order valence-corrected chi connectivity index (χ3v) is 9.63. The zero-order valence-corrected chi connectivity index (χ0v) is 17.4. The molecule has 152 valence electrons. The Balaban J connectivity index is 1.60. The molecular weight excluding hydrogens is 340 g/mol. The van der Waals surface area contributed by atoms with E-state index in [9.17, 15) is 14.7 Å². The Hall–Kier alpha value is -0.900. The molecule has 4 heteroatoms. The van der Waals surface area contributed by atoms with Crippen LogP contribution in [0.5, 0.6) is 0 Å². The minimum atomic E-state index is -0.632. The van der Waals surface area contributed by atoms with Crippen LogP contribution >= 0.6 is 0 Å². The third kappa shape index (κ3) is 2.65. The quantitative estimate of drug-likeness (QED) is 0.731. The number of hydrogen-bond donors (Lipinski definition) is 1. The predicted molar refractivity (Wildman–Crippen MR) is 103 cm³/mol. The topological polar surface area (TPSA) is 63.6 Å². The van der Waals surface area contributed by atoms with Crippen molar-refractivity contribution in [1.29, 1.82) is 0 Å². The number of hydrogen-bond acceptors (Lipinski definition) is 4. The van der Waals surface area contributed by atoms with Gasteiger partial charge in [0.05, 0.1) is 5.60 Å². The van der Waals surface area contributed by atoms with Crippen molar-refractivity contribution >= 4 is 11.8 Å². The summed E-state index contributed by atoms with van der Waals surface area (Å²) in [5.41, 5.74) is -0.657. The van der Waals surface area contributed by atoms with Crippen molar-refractivity contribution in [3.63, 3.8) is 0 Å². The lowest BCUT2D eigenvalue weighted by Crippen LogP contribution is -2.65. The third-order valence-electron chi connectivity index (χ3n) is 9.63. The largest absolute Gasteiger partial charge is 0.463 e. The maximum Gasteiger partial charge on any atom is 0.302 e. The summed E-state index contributed by atoms with van der Waals surface area (Å²) >= 11 is 0. The van der Waals surface area contributed by atoms with E-state index in [4.69, 9.17) is 4.74 Å². The molecule has 4 saturated carbocycles. The van der Waals surface area contributed by atoms with Crippen molar-refractivity contribution in [3.05, 3.63) is 0 Å². The van der Waals surface area contributed by atoms with Crippen LogP contribution in [0.2, 0.25) is 0 Å². The van der Waals surface area contributed by atoms with Gasteiger partial charge in [0.1, 0.15) is 11.9 Å². The van der Waals surface area contributed by atoms with Crippen LogP contribution in [0.3, 0.4) is 0 Å². The van der Waals surface area contributed by atoms with Gasteiger partial charge in [-0.3, -0.25) is 9.59 Å². The fraction of sp³-hybridized carbons (Fsp3) is 0.913. The van der Waals surface area contributed by atoms with E-state index < -0.39 is 5.60 Å². The van der Waals surface area contributed by atoms with Crippen molar-refractivity contribution in [2.24, 2.45) is 34.5 Å². The van der Waals surface area contributed by atoms with Gasteiger partial charge in [0.15, 0.2) is 0 Å². The molecule has 0 amide bonds. The molecule has 0 bridgehead atoms. The molecule has 8 atom stereocenters. The van der Waals surface area contributed by atoms with Crippen molar-refractivity contribution in [2.75, 3.05) is 0 Å². The van der Waals surface area contributed by atoms with Crippen LogP contribution in [0.15, 0.2) is 0 Å². The van der Waals surface area contributed by atoms with E-state index in [2.05, 4.69) is 13.8 Å². The van der Waals surface area contributed by atoms with E-state index >= 15 is 0 Å². The van der Waals surface area contributed by atoms with Crippen LogP contribution in [0.25, 0.3) is 0 Å². The summed E-state index contributed by atoms with van der Waals surface area (Å²) in [6.07, 6.45) is 8.73. The summed E-state index contributed by atoms with van der Waals surface area (Å²) in [5, 5.41) is 12.1. The Kier molecular flexibility index (Phi) is 4.53. The molecule has 4 rings (SSSR count). The Morgan fingerprint density at radius 3 is 2.30 bits per heavy atom. The van der Waals surface area contributed by atoms with Crippen LogP contribution in [0.4, 0.5) is 0 Å². The molecule has 0 heterocycles. The smallest absolute Gasteiger partial charge is 0.302 e. The molecule has 4 nitrogen and oxygen atoms in total. The summed E-state index contributed by atoms with van der Waals surface area (Å²) < 4.78 is 5.52. The van der Waals surface area contributed by atoms with E-state index in [0.717, 1.165) is 57.8 Å². The summed E-state index contributed by atoms with van der Waals surface area (Å²) in [6.45, 7) is 7.87. The number of aliphatic hydroxyl groups is 1. The lowest BCUT2D eigenvalue weighted by molar-refractivity contribution is -0.241. The molecular formula is C23H36O4. The maximum absolute atomic E-state index is 12.3. The summed E-state index contributed by atoms with van der Waals surface area (Å²) in [5.74, 6) is 1.53. The number of ketones is 1. The Morgan fingerprint density at radius 2 is 1.63 bits per heavy atom. The van der Waals surface area contributed by atoms with E-state index in [1.54, 1.807) is 6.92 Å². The number of rotatable bonds is 2. The minimum absolute atomic E-state index is 0.0168. The van der Waals surface area contributed by atoms with Gasteiger partial charge in [-0.1, -0.05) is 13.8 Å². The lowest BCUT2D eigenvalue weighted by Gasteiger charge is -2.65. The van der Waals surface area contributed by atoms with Crippen LogP contribution in [0, 0.1) is 34.5 Å². The van der Waals surface area contributed by atoms with Gasteiger partial charge in [-0.2, -0.15) is 0 Å². The molecule has 4 fully saturated rings. The molecule has 4 aliphatic carbocycles. The average Bonchev–Trinajstić information content (AvgIpc) is 2.93. The first kappa shape index (κ1) is 19.4. The van der Waals surface area contributed by atoms with Gasteiger partial charge in [-0.15, -0.1) is 0 Å². The second kappa shape index (κ2) is 6.30. The highest BCUT2D eigenvalue weighted by Gasteiger charge is 2.67. The first-order valence-corrected chi connectivity index (χ1v) is 11.0. The SMILES string of the molecule is CC(=O)O[C@H]1CC[C@@]2(C)C(CC[C@H]3[C@@H]4CC[C@H](C(C)=O)[C@@]4(C)CC[C@@]32O)C1. The van der Waals surface area contributed by atoms with Crippen molar-refractivity contribution in [1.82, 2.24) is 0 Å². The summed E-state index contributed by atoms with van der Waals surface area (Å²) in [6, 6.07) is 0. The van der Waals surface area contributed by atoms with E-state index in [1.807, 2.05) is 0 Å². The highest BCUT2D eigenvalue weighted by atomic mass is 16.5. The van der Waals surface area contributed by atoms with Crippen LogP contribution in [0.1, 0.15) is 85.5 Å². The molecule has 1 unspecified atom stereocenters. The second-order valence-corrected chi connectivity index (χ2v) is 10.6. The predicted octanol–water partition coefficient (Wildman–Crippen LogP) is 4.28. The van der Waals surface area contributed by atoms with Crippen molar-refractivity contribution < 1.29 is 19.4 Å². The van der Waals surface area contributed by atoms with Gasteiger partial charge in [0.2, 0.25) is 0 Å². The molecule has 0 aliphatic heterocycles. The normalized spacial score (nSPS) is 51.7. The summed E-state index contributed by atoms with van der Waals surface area (Å²) in [7, 11) is 0. The van der Waals surface area contributed by atoms with Gasteiger partial charge in [-0.25, -0.2) is 0 Å². The molecule has 0 aromatic heterocycles. The fourth-order valence-corrected chi connectivity index (χ4v) is 8.17. The number of fused-ring (bicyclic) bond motifs is 5. The van der Waals surface area contributed by atoms with Crippen LogP contribution in [-0.2, 0) is 14.3 Å². The highest BCUT2D eigenvalue weighted by Crippen LogP contribution is 2.69. The van der Waals surface area contributed by atoms with E-state index in [1.165, 1.54) is 6.92 Å². The fourth-order valence-electron chi connectivity index (χ4n) is 8.17. The zero-order chi connectivity index (χ0) is 19.6. The van der Waals surface area contributed by atoms with Gasteiger partial charge in [0.25, 0.3) is 0 Å². The first-order chi connectivity index (χ1) is 12.6. The molecule has 0 saturated heterocycles. The van der Waals surface area contributed by atoms with Gasteiger partial charge in [-0.05, 0) is 93.3 Å². The lowest BCUT2D eigenvalue weighted by atomic mass is 9.42. The average molecular weight is 377 g/mol. The Morgan fingerprint density at radius 1 is 0.926 bits per heavy atom. The molecule has 1 N–H and O–H groups in total. The Labute approximate surface area is 163 Å². The van der Waals surface area contributed by atoms with Gasteiger partial charge >= 0.3 is 5.97 Å². The maximum atomic E-state index is 12.3. The van der Waals surface area contributed by atoms with Crippen LogP contribution < -0.4 is 0 Å². The number of ether oxygens (including phenoxy) is 1. The zero-order valence-electron chi connectivity index (χ0n) is 17.4. The van der Waals surface area contributed by atoms with Crippen LogP contribution in [-0.4, -0.2) is 28.6 Å². The monoisotopic (exact) mass is 376 g/mol. The van der Waals surface area contributed by atoms with Gasteiger partial charge in [0, 0.05) is 12.8 Å². The Bertz CT molecular complexity index is 644. The summed E-state index contributed by atoms with van der Waals surface area (Å²) in [4.78, 5) is 23.6. The van der Waals surface area contributed by atoms with E-state index in [0.29, 0.717) is 23.5 Å². The van der Waals surface area contributed by atoms with Crippen molar-refractivity contribution in [3.8, 4) is 0 Å². The number of esters is 1. The number of carbonyl (C=O) groups is 2. The van der Waals surface area contributed by atoms with E-state index in [-0.39, 0.29) is 28.8 Å². The molecule has 0 spiro atoms. The van der Waals surface area contributed by atoms with Gasteiger partial charge < -0.3 is 9.84 Å². The number of Topliss-reactive ketones (excluding diaryl/α,β-unsaturated/α-hetero) is 1. The van der Waals surface area contributed by atoms with Crippen molar-refractivity contribution in [2.45, 2.75) is 97.2 Å². The molecule has 0 aromatic carbocycles. The minimum Gasteiger partial charge on any atom is -0.463 e. The molecule has 0 aromatic rings. The molecule has 0 radical (unpaired) electrons. The molecule has 4 aliphatic rings. The second-order valence-electron chi connectivity index (χ2n) is 10.6.